The highest BCUT2D eigenvalue weighted by molar-refractivity contribution is 5.70. The van der Waals surface area contributed by atoms with Gasteiger partial charge >= 0.3 is 12.1 Å². The first-order valence-corrected chi connectivity index (χ1v) is 7.28. The van der Waals surface area contributed by atoms with E-state index in [1.165, 1.54) is 4.90 Å². The number of carboxylic acid groups (broad SMARTS) is 1. The standard InChI is InChI=1S/C14H24N2O4/c1-2-20-11(17)7-14(10-15)8-13(9-14)3-5-16(6-4-13)12(18)19/h2-10,15H2,1H3,(H,18,19). The Morgan fingerprint density at radius 2 is 1.90 bits per heavy atom. The second-order valence-corrected chi connectivity index (χ2v) is 6.31. The van der Waals surface area contributed by atoms with Gasteiger partial charge in [0.1, 0.15) is 0 Å². The van der Waals surface area contributed by atoms with Crippen molar-refractivity contribution in [2.24, 2.45) is 16.6 Å². The monoisotopic (exact) mass is 284 g/mol. The Kier molecular flexibility index (Phi) is 4.22. The summed E-state index contributed by atoms with van der Waals surface area (Å²) in [6, 6.07) is 0. The molecular weight excluding hydrogens is 260 g/mol. The Hall–Kier alpha value is -1.30. The van der Waals surface area contributed by atoms with Gasteiger partial charge in [0, 0.05) is 13.1 Å². The summed E-state index contributed by atoms with van der Waals surface area (Å²) in [4.78, 5) is 24.0. The van der Waals surface area contributed by atoms with Gasteiger partial charge in [0.15, 0.2) is 0 Å². The molecule has 0 aromatic rings. The molecule has 0 aromatic carbocycles. The van der Waals surface area contributed by atoms with Gasteiger partial charge in [-0.3, -0.25) is 4.79 Å². The van der Waals surface area contributed by atoms with E-state index in [-0.39, 0.29) is 16.8 Å². The molecule has 1 spiro atoms. The Labute approximate surface area is 119 Å². The molecular formula is C14H24N2O4. The molecule has 20 heavy (non-hydrogen) atoms. The number of carbonyl (C=O) groups excluding carboxylic acids is 1. The van der Waals surface area contributed by atoms with E-state index in [2.05, 4.69) is 0 Å². The third-order valence-corrected chi connectivity index (χ3v) is 4.85. The molecule has 0 unspecified atom stereocenters. The summed E-state index contributed by atoms with van der Waals surface area (Å²) in [5.41, 5.74) is 5.93. The van der Waals surface area contributed by atoms with Crippen LogP contribution in [0.2, 0.25) is 0 Å². The Balaban J connectivity index is 1.88. The summed E-state index contributed by atoms with van der Waals surface area (Å²) in [6.07, 6.45) is 3.15. The van der Waals surface area contributed by atoms with Crippen LogP contribution in [0.3, 0.4) is 0 Å². The van der Waals surface area contributed by atoms with Crippen molar-refractivity contribution in [1.29, 1.82) is 0 Å². The van der Waals surface area contributed by atoms with Crippen LogP contribution in [-0.2, 0) is 9.53 Å². The summed E-state index contributed by atoms with van der Waals surface area (Å²) >= 11 is 0. The van der Waals surface area contributed by atoms with E-state index >= 15 is 0 Å². The van der Waals surface area contributed by atoms with Crippen molar-refractivity contribution in [3.63, 3.8) is 0 Å². The molecule has 2 rings (SSSR count). The van der Waals surface area contributed by atoms with Gasteiger partial charge in [0.25, 0.3) is 0 Å². The molecule has 3 N–H and O–H groups in total. The van der Waals surface area contributed by atoms with E-state index in [1.807, 2.05) is 0 Å². The number of hydrogen-bond donors (Lipinski definition) is 2. The maximum absolute atomic E-state index is 11.7. The summed E-state index contributed by atoms with van der Waals surface area (Å²) in [6.45, 7) is 3.89. The number of nitrogens with zero attached hydrogens (tertiary/aromatic N) is 1. The third kappa shape index (κ3) is 2.90. The van der Waals surface area contributed by atoms with Crippen LogP contribution in [0.15, 0.2) is 0 Å². The molecule has 1 aliphatic carbocycles. The average Bonchev–Trinajstić information content (AvgIpc) is 2.37. The topological polar surface area (TPSA) is 92.9 Å². The SMILES string of the molecule is CCOC(=O)CC1(CN)CC2(CCN(C(=O)O)CC2)C1. The van der Waals surface area contributed by atoms with Crippen molar-refractivity contribution < 1.29 is 19.4 Å². The van der Waals surface area contributed by atoms with E-state index in [1.54, 1.807) is 6.92 Å². The number of nitrogens with two attached hydrogens (primary N) is 1. The van der Waals surface area contributed by atoms with Gasteiger partial charge in [-0.25, -0.2) is 4.79 Å². The van der Waals surface area contributed by atoms with Crippen molar-refractivity contribution in [3.8, 4) is 0 Å². The summed E-state index contributed by atoms with van der Waals surface area (Å²) in [7, 11) is 0. The van der Waals surface area contributed by atoms with Gasteiger partial charge in [-0.2, -0.15) is 0 Å². The Morgan fingerprint density at radius 1 is 1.30 bits per heavy atom. The molecule has 0 radical (unpaired) electrons. The lowest BCUT2D eigenvalue weighted by atomic mass is 9.48. The van der Waals surface area contributed by atoms with Crippen LogP contribution >= 0.6 is 0 Å². The normalized spacial score (nSPS) is 23.2. The Morgan fingerprint density at radius 3 is 2.35 bits per heavy atom. The maximum atomic E-state index is 11.7. The van der Waals surface area contributed by atoms with Crippen LogP contribution in [0.1, 0.15) is 39.0 Å². The molecule has 1 saturated heterocycles. The first kappa shape index (κ1) is 15.1. The number of piperidine rings is 1. The highest BCUT2D eigenvalue weighted by atomic mass is 16.5. The molecule has 1 heterocycles. The van der Waals surface area contributed by atoms with Crippen molar-refractivity contribution >= 4 is 12.1 Å². The van der Waals surface area contributed by atoms with Crippen LogP contribution in [0, 0.1) is 10.8 Å². The number of ether oxygens (including phenoxy) is 1. The molecule has 6 heteroatoms. The molecule has 1 aliphatic heterocycles. The van der Waals surface area contributed by atoms with Gasteiger partial charge in [0.2, 0.25) is 0 Å². The van der Waals surface area contributed by atoms with E-state index in [0.29, 0.717) is 32.7 Å². The van der Waals surface area contributed by atoms with Crippen LogP contribution in [0.5, 0.6) is 0 Å². The zero-order valence-electron chi connectivity index (χ0n) is 12.1. The molecule has 0 bridgehead atoms. The second kappa shape index (κ2) is 5.60. The minimum absolute atomic E-state index is 0.127. The lowest BCUT2D eigenvalue weighted by molar-refractivity contribution is -0.153. The summed E-state index contributed by atoms with van der Waals surface area (Å²) in [5, 5.41) is 8.97. The summed E-state index contributed by atoms with van der Waals surface area (Å²) < 4.78 is 5.02. The molecule has 2 fully saturated rings. The van der Waals surface area contributed by atoms with Crippen LogP contribution in [0.25, 0.3) is 0 Å². The summed E-state index contributed by atoms with van der Waals surface area (Å²) in [5.74, 6) is -0.171. The molecule has 2 aliphatic rings. The van der Waals surface area contributed by atoms with E-state index < -0.39 is 6.09 Å². The molecule has 1 amide bonds. The van der Waals surface area contributed by atoms with Crippen LogP contribution in [0.4, 0.5) is 4.79 Å². The van der Waals surface area contributed by atoms with Gasteiger partial charge < -0.3 is 20.5 Å². The number of esters is 1. The van der Waals surface area contributed by atoms with Gasteiger partial charge in [-0.1, -0.05) is 0 Å². The van der Waals surface area contributed by atoms with Crippen molar-refractivity contribution in [1.82, 2.24) is 4.90 Å². The number of carbonyl (C=O) groups is 2. The average molecular weight is 284 g/mol. The second-order valence-electron chi connectivity index (χ2n) is 6.31. The third-order valence-electron chi connectivity index (χ3n) is 4.85. The molecule has 1 saturated carbocycles. The van der Waals surface area contributed by atoms with Gasteiger partial charge in [-0.15, -0.1) is 0 Å². The van der Waals surface area contributed by atoms with Crippen molar-refractivity contribution in [3.05, 3.63) is 0 Å². The fourth-order valence-electron chi connectivity index (χ4n) is 3.92. The fourth-order valence-corrected chi connectivity index (χ4v) is 3.92. The Bertz CT molecular complexity index is 381. The van der Waals surface area contributed by atoms with E-state index in [4.69, 9.17) is 15.6 Å². The van der Waals surface area contributed by atoms with Gasteiger partial charge in [-0.05, 0) is 50.0 Å². The van der Waals surface area contributed by atoms with Crippen molar-refractivity contribution in [2.45, 2.75) is 39.0 Å². The van der Waals surface area contributed by atoms with E-state index in [0.717, 1.165) is 25.7 Å². The number of hydrogen-bond acceptors (Lipinski definition) is 4. The minimum Gasteiger partial charge on any atom is -0.466 e. The minimum atomic E-state index is -0.837. The fraction of sp³-hybridized carbons (Fsp3) is 0.857. The zero-order chi connectivity index (χ0) is 14.8. The largest absolute Gasteiger partial charge is 0.466 e. The number of amides is 1. The first-order valence-electron chi connectivity index (χ1n) is 7.28. The predicted octanol–water partition coefficient (Wildman–Crippen LogP) is 1.44. The highest BCUT2D eigenvalue weighted by Crippen LogP contribution is 2.60. The van der Waals surface area contributed by atoms with Crippen LogP contribution in [-0.4, -0.2) is 48.3 Å². The lowest BCUT2D eigenvalue weighted by Gasteiger charge is -2.58. The first-order chi connectivity index (χ1) is 9.44. The molecule has 0 aromatic heterocycles. The lowest BCUT2D eigenvalue weighted by Crippen LogP contribution is -2.56. The number of rotatable bonds is 4. The quantitative estimate of drug-likeness (QED) is 0.762. The maximum Gasteiger partial charge on any atom is 0.407 e. The zero-order valence-corrected chi connectivity index (χ0v) is 12.1. The smallest absolute Gasteiger partial charge is 0.407 e. The number of likely N-dealkylation sites (tertiary alicyclic amines) is 1. The molecule has 0 atom stereocenters. The van der Waals surface area contributed by atoms with Crippen molar-refractivity contribution in [2.75, 3.05) is 26.2 Å². The highest BCUT2D eigenvalue weighted by Gasteiger charge is 2.55. The van der Waals surface area contributed by atoms with E-state index in [9.17, 15) is 9.59 Å². The van der Waals surface area contributed by atoms with Gasteiger partial charge in [0.05, 0.1) is 13.0 Å². The molecule has 6 nitrogen and oxygen atoms in total. The molecule has 114 valence electrons. The predicted molar refractivity (Wildman–Crippen MR) is 73.2 cm³/mol. The van der Waals surface area contributed by atoms with Crippen LogP contribution < -0.4 is 5.73 Å².